The number of rotatable bonds is 4. The summed E-state index contributed by atoms with van der Waals surface area (Å²) < 4.78 is 6.56. The van der Waals surface area contributed by atoms with Crippen LogP contribution in [0.4, 0.5) is 5.13 Å². The molecule has 29 heavy (non-hydrogen) atoms. The zero-order valence-electron chi connectivity index (χ0n) is 14.4. The summed E-state index contributed by atoms with van der Waals surface area (Å²) in [7, 11) is 0. The summed E-state index contributed by atoms with van der Waals surface area (Å²) >= 11 is 25.6. The molecule has 2 heterocycles. The highest BCUT2D eigenvalue weighted by Crippen LogP contribution is 2.35. The van der Waals surface area contributed by atoms with Crippen molar-refractivity contribution in [2.24, 2.45) is 0 Å². The zero-order valence-corrected chi connectivity index (χ0v) is 18.2. The third-order valence-electron chi connectivity index (χ3n) is 3.90. The smallest absolute Gasteiger partial charge is 0.250 e. The highest BCUT2D eigenvalue weighted by molar-refractivity contribution is 7.22. The molecule has 0 bridgehead atoms. The number of benzene rings is 2. The summed E-state index contributed by atoms with van der Waals surface area (Å²) in [4.78, 5) is 16.5. The standard InChI is InChI=1S/C20H10Cl4N2O2S/c21-10-1-4-12(14(23)9-10)15-6-2-11(28-15)3-8-17(27)25-20-26-19-16(29-20)7-5-13(22)18(19)24/h1-9H,(H,25,26,27)/b8-3+. The molecule has 0 saturated carbocycles. The predicted molar refractivity (Wildman–Crippen MR) is 121 cm³/mol. The fourth-order valence-electron chi connectivity index (χ4n) is 2.57. The Kier molecular flexibility index (Phi) is 5.86. The Balaban J connectivity index is 1.48. The Labute approximate surface area is 189 Å². The molecule has 0 saturated heterocycles. The van der Waals surface area contributed by atoms with E-state index in [-0.39, 0.29) is 5.91 Å². The largest absolute Gasteiger partial charge is 0.457 e. The van der Waals surface area contributed by atoms with E-state index in [9.17, 15) is 4.79 Å². The molecule has 0 spiro atoms. The Morgan fingerprint density at radius 3 is 2.66 bits per heavy atom. The number of hydrogen-bond donors (Lipinski definition) is 1. The minimum atomic E-state index is -0.353. The number of carbonyl (C=O) groups excluding carboxylic acids is 1. The molecule has 1 amide bonds. The highest BCUT2D eigenvalue weighted by atomic mass is 35.5. The number of fused-ring (bicyclic) bond motifs is 1. The van der Waals surface area contributed by atoms with Crippen LogP contribution in [0.1, 0.15) is 5.76 Å². The highest BCUT2D eigenvalue weighted by Gasteiger charge is 2.12. The van der Waals surface area contributed by atoms with Crippen LogP contribution in [0.3, 0.4) is 0 Å². The van der Waals surface area contributed by atoms with Gasteiger partial charge in [0.2, 0.25) is 5.91 Å². The Morgan fingerprint density at radius 2 is 1.86 bits per heavy atom. The molecule has 146 valence electrons. The number of nitrogens with zero attached hydrogens (tertiary/aromatic N) is 1. The van der Waals surface area contributed by atoms with Gasteiger partial charge in [-0.2, -0.15) is 0 Å². The van der Waals surface area contributed by atoms with Gasteiger partial charge in [0.05, 0.1) is 19.8 Å². The minimum Gasteiger partial charge on any atom is -0.457 e. The first-order valence-electron chi connectivity index (χ1n) is 8.19. The van der Waals surface area contributed by atoms with Gasteiger partial charge in [-0.1, -0.05) is 57.7 Å². The number of furan rings is 1. The predicted octanol–water partition coefficient (Wildman–Crippen LogP) is 7.82. The molecule has 0 aliphatic carbocycles. The number of halogens is 4. The topological polar surface area (TPSA) is 55.1 Å². The van der Waals surface area contributed by atoms with E-state index < -0.39 is 0 Å². The fourth-order valence-corrected chi connectivity index (χ4v) is 4.37. The van der Waals surface area contributed by atoms with Crippen molar-refractivity contribution in [3.8, 4) is 11.3 Å². The van der Waals surface area contributed by atoms with Gasteiger partial charge in [-0.05, 0) is 48.5 Å². The van der Waals surface area contributed by atoms with Crippen LogP contribution in [0.25, 0.3) is 27.6 Å². The van der Waals surface area contributed by atoms with Gasteiger partial charge in [-0.15, -0.1) is 0 Å². The first-order valence-corrected chi connectivity index (χ1v) is 10.5. The van der Waals surface area contributed by atoms with Crippen molar-refractivity contribution in [2.75, 3.05) is 5.32 Å². The van der Waals surface area contributed by atoms with E-state index in [1.165, 1.54) is 17.4 Å². The van der Waals surface area contributed by atoms with Crippen LogP contribution in [0, 0.1) is 0 Å². The van der Waals surface area contributed by atoms with Gasteiger partial charge >= 0.3 is 0 Å². The molecule has 2 aromatic heterocycles. The van der Waals surface area contributed by atoms with Gasteiger partial charge in [-0.25, -0.2) is 4.98 Å². The lowest BCUT2D eigenvalue weighted by atomic mass is 10.2. The van der Waals surface area contributed by atoms with Crippen LogP contribution in [0.5, 0.6) is 0 Å². The third kappa shape index (κ3) is 4.44. The maximum absolute atomic E-state index is 12.2. The summed E-state index contributed by atoms with van der Waals surface area (Å²) in [5, 5.41) is 4.93. The van der Waals surface area contributed by atoms with Crippen LogP contribution in [0.2, 0.25) is 20.1 Å². The lowest BCUT2D eigenvalue weighted by Crippen LogP contribution is -2.07. The quantitative estimate of drug-likeness (QED) is 0.301. The molecule has 4 nitrogen and oxygen atoms in total. The summed E-state index contributed by atoms with van der Waals surface area (Å²) in [5.74, 6) is 0.721. The normalized spacial score (nSPS) is 11.4. The maximum Gasteiger partial charge on any atom is 0.250 e. The number of nitrogens with one attached hydrogen (secondary N) is 1. The van der Waals surface area contributed by atoms with E-state index in [0.29, 0.717) is 47.8 Å². The van der Waals surface area contributed by atoms with Crippen molar-refractivity contribution in [1.82, 2.24) is 4.98 Å². The summed E-state index contributed by atoms with van der Waals surface area (Å²) in [6, 6.07) is 12.1. The lowest BCUT2D eigenvalue weighted by molar-refractivity contribution is -0.111. The molecule has 0 radical (unpaired) electrons. The van der Waals surface area contributed by atoms with Crippen LogP contribution in [0.15, 0.2) is 53.0 Å². The summed E-state index contributed by atoms with van der Waals surface area (Å²) in [5.41, 5.74) is 1.27. The molecule has 0 aliphatic rings. The van der Waals surface area contributed by atoms with Crippen molar-refractivity contribution in [1.29, 1.82) is 0 Å². The number of carbonyl (C=O) groups is 1. The monoisotopic (exact) mass is 482 g/mol. The number of hydrogen-bond acceptors (Lipinski definition) is 4. The van der Waals surface area contributed by atoms with E-state index in [2.05, 4.69) is 10.3 Å². The Hall–Kier alpha value is -2.02. The van der Waals surface area contributed by atoms with Gasteiger partial charge in [0, 0.05) is 16.7 Å². The summed E-state index contributed by atoms with van der Waals surface area (Å²) in [6.45, 7) is 0. The summed E-state index contributed by atoms with van der Waals surface area (Å²) in [6.07, 6.45) is 2.91. The van der Waals surface area contributed by atoms with Crippen molar-refractivity contribution >= 4 is 85.1 Å². The number of amides is 1. The van der Waals surface area contributed by atoms with Crippen molar-refractivity contribution < 1.29 is 9.21 Å². The van der Waals surface area contributed by atoms with Gasteiger partial charge in [-0.3, -0.25) is 10.1 Å². The number of aromatic nitrogens is 1. The van der Waals surface area contributed by atoms with Crippen molar-refractivity contribution in [3.63, 3.8) is 0 Å². The average molecular weight is 484 g/mol. The van der Waals surface area contributed by atoms with Gasteiger partial charge < -0.3 is 4.42 Å². The van der Waals surface area contributed by atoms with E-state index in [1.54, 1.807) is 48.5 Å². The molecule has 2 aromatic carbocycles. The average Bonchev–Trinajstić information content (AvgIpc) is 3.30. The van der Waals surface area contributed by atoms with Crippen LogP contribution < -0.4 is 5.32 Å². The Bertz CT molecular complexity index is 1260. The Morgan fingerprint density at radius 1 is 1.03 bits per heavy atom. The minimum absolute atomic E-state index is 0.353. The molecule has 9 heteroatoms. The second-order valence-corrected chi connectivity index (χ2v) is 8.54. The van der Waals surface area contributed by atoms with E-state index in [4.69, 9.17) is 50.8 Å². The molecule has 0 fully saturated rings. The lowest BCUT2D eigenvalue weighted by Gasteiger charge is -2.00. The van der Waals surface area contributed by atoms with Gasteiger partial charge in [0.1, 0.15) is 17.0 Å². The molecular weight excluding hydrogens is 474 g/mol. The van der Waals surface area contributed by atoms with Gasteiger partial charge in [0.25, 0.3) is 0 Å². The molecule has 0 aliphatic heterocycles. The van der Waals surface area contributed by atoms with Crippen molar-refractivity contribution in [3.05, 3.63) is 74.4 Å². The molecule has 4 rings (SSSR count). The first-order chi connectivity index (χ1) is 13.9. The van der Waals surface area contributed by atoms with E-state index in [1.807, 2.05) is 0 Å². The third-order valence-corrected chi connectivity index (χ3v) is 6.18. The zero-order chi connectivity index (χ0) is 20.5. The number of anilines is 1. The fraction of sp³-hybridized carbons (Fsp3) is 0. The van der Waals surface area contributed by atoms with Crippen LogP contribution in [-0.4, -0.2) is 10.9 Å². The van der Waals surface area contributed by atoms with E-state index >= 15 is 0 Å². The van der Waals surface area contributed by atoms with E-state index in [0.717, 1.165) is 4.70 Å². The van der Waals surface area contributed by atoms with Crippen molar-refractivity contribution in [2.45, 2.75) is 0 Å². The molecule has 1 N–H and O–H groups in total. The molecule has 4 aromatic rings. The second kappa shape index (κ2) is 8.38. The first kappa shape index (κ1) is 20.3. The molecular formula is C20H10Cl4N2O2S. The SMILES string of the molecule is O=C(/C=C/c1ccc(-c2ccc(Cl)cc2Cl)o1)Nc1nc2c(Cl)c(Cl)ccc2s1. The molecule has 0 unspecified atom stereocenters. The van der Waals surface area contributed by atoms with Crippen LogP contribution in [-0.2, 0) is 4.79 Å². The van der Waals surface area contributed by atoms with Crippen LogP contribution >= 0.6 is 57.7 Å². The second-order valence-electron chi connectivity index (χ2n) is 5.88. The number of thiazole rings is 1. The maximum atomic E-state index is 12.2. The van der Waals surface area contributed by atoms with Gasteiger partial charge in [0.15, 0.2) is 5.13 Å². The molecule has 0 atom stereocenters.